The molecule has 17 heavy (non-hydrogen) atoms. The van der Waals surface area contributed by atoms with Gasteiger partial charge in [0.2, 0.25) is 5.91 Å². The lowest BCUT2D eigenvalue weighted by Gasteiger charge is -2.28. The summed E-state index contributed by atoms with van der Waals surface area (Å²) in [6.07, 6.45) is 4.49. The highest BCUT2D eigenvalue weighted by atomic mass is 79.9. The fraction of sp³-hybridized carbons (Fsp3) is 0.500. The number of carbonyl (C=O) groups is 1. The van der Waals surface area contributed by atoms with E-state index < -0.39 is 0 Å². The van der Waals surface area contributed by atoms with Crippen LogP contribution in [-0.4, -0.2) is 12.5 Å². The summed E-state index contributed by atoms with van der Waals surface area (Å²) < 4.78 is 1.10. The Labute approximate surface area is 110 Å². The molecule has 2 fully saturated rings. The Bertz CT molecular complexity index is 451. The third-order valence-corrected chi connectivity index (χ3v) is 4.83. The average Bonchev–Trinajstić information content (AvgIpc) is 2.90. The van der Waals surface area contributed by atoms with Crippen molar-refractivity contribution in [3.05, 3.63) is 34.3 Å². The Balaban J connectivity index is 2.00. The van der Waals surface area contributed by atoms with E-state index in [1.807, 2.05) is 6.07 Å². The molecule has 2 aliphatic rings. The van der Waals surface area contributed by atoms with E-state index in [1.54, 1.807) is 0 Å². The summed E-state index contributed by atoms with van der Waals surface area (Å²) in [5.74, 6) is 0.634. The zero-order valence-corrected chi connectivity index (χ0v) is 11.3. The number of nitrogens with one attached hydrogen (secondary N) is 1. The Morgan fingerprint density at radius 1 is 1.29 bits per heavy atom. The van der Waals surface area contributed by atoms with Gasteiger partial charge in [-0.15, -0.1) is 0 Å². The maximum Gasteiger partial charge on any atom is 0.226 e. The maximum atomic E-state index is 12.1. The number of hydrogen-bond donors (Lipinski definition) is 1. The van der Waals surface area contributed by atoms with Crippen molar-refractivity contribution in [3.8, 4) is 0 Å². The van der Waals surface area contributed by atoms with Gasteiger partial charge in [-0.2, -0.15) is 0 Å². The molecule has 1 saturated carbocycles. The lowest BCUT2D eigenvalue weighted by molar-refractivity contribution is -0.127. The molecule has 1 aromatic carbocycles. The first-order chi connectivity index (χ1) is 8.22. The smallest absolute Gasteiger partial charge is 0.226 e. The van der Waals surface area contributed by atoms with Gasteiger partial charge in [-0.3, -0.25) is 4.79 Å². The molecule has 1 spiro atoms. The Morgan fingerprint density at radius 2 is 2.06 bits per heavy atom. The molecular weight excluding hydrogens is 278 g/mol. The fourth-order valence-electron chi connectivity index (χ4n) is 3.47. The molecule has 0 aromatic heterocycles. The van der Waals surface area contributed by atoms with E-state index in [0.29, 0.717) is 5.92 Å². The zero-order valence-electron chi connectivity index (χ0n) is 9.71. The molecule has 1 amide bonds. The Kier molecular flexibility index (Phi) is 2.74. The standard InChI is InChI=1S/C14H16BrNO/c15-11-5-3-4-10(8-11)12-9-16-13(17)14(12)6-1-2-7-14/h3-5,8,12H,1-2,6-7,9H2,(H,16,17)/t12-/m1/s1. The molecule has 0 radical (unpaired) electrons. The number of amides is 1. The van der Waals surface area contributed by atoms with Gasteiger partial charge in [0, 0.05) is 16.9 Å². The second-order valence-electron chi connectivity index (χ2n) is 5.18. The molecule has 1 aliphatic carbocycles. The van der Waals surface area contributed by atoms with Crippen LogP contribution in [-0.2, 0) is 4.79 Å². The van der Waals surface area contributed by atoms with Gasteiger partial charge in [0.15, 0.2) is 0 Å². The van der Waals surface area contributed by atoms with Crippen LogP contribution in [0.2, 0.25) is 0 Å². The highest BCUT2D eigenvalue weighted by molar-refractivity contribution is 9.10. The first-order valence-electron chi connectivity index (χ1n) is 6.26. The maximum absolute atomic E-state index is 12.1. The number of benzene rings is 1. The summed E-state index contributed by atoms with van der Waals surface area (Å²) in [4.78, 5) is 12.1. The Hall–Kier alpha value is -0.830. The van der Waals surface area contributed by atoms with Gasteiger partial charge in [-0.25, -0.2) is 0 Å². The molecule has 1 aromatic rings. The molecule has 2 nitrogen and oxygen atoms in total. The van der Waals surface area contributed by atoms with Crippen LogP contribution in [0.15, 0.2) is 28.7 Å². The minimum atomic E-state index is -0.110. The van der Waals surface area contributed by atoms with Gasteiger partial charge in [0.1, 0.15) is 0 Å². The quantitative estimate of drug-likeness (QED) is 0.846. The van der Waals surface area contributed by atoms with E-state index in [-0.39, 0.29) is 11.3 Å². The van der Waals surface area contributed by atoms with Crippen LogP contribution < -0.4 is 5.32 Å². The molecule has 90 valence electrons. The van der Waals surface area contributed by atoms with Crippen molar-refractivity contribution in [2.75, 3.05) is 6.54 Å². The molecule has 1 aliphatic heterocycles. The van der Waals surface area contributed by atoms with Gasteiger partial charge < -0.3 is 5.32 Å². The Morgan fingerprint density at radius 3 is 2.76 bits per heavy atom. The lowest BCUT2D eigenvalue weighted by Crippen LogP contribution is -2.31. The highest BCUT2D eigenvalue weighted by Gasteiger charge is 2.51. The fourth-order valence-corrected chi connectivity index (χ4v) is 3.88. The van der Waals surface area contributed by atoms with E-state index in [1.165, 1.54) is 18.4 Å². The largest absolute Gasteiger partial charge is 0.355 e. The molecule has 3 rings (SSSR count). The predicted molar refractivity (Wildman–Crippen MR) is 70.8 cm³/mol. The van der Waals surface area contributed by atoms with Crippen LogP contribution in [0.3, 0.4) is 0 Å². The van der Waals surface area contributed by atoms with Gasteiger partial charge in [-0.05, 0) is 30.5 Å². The van der Waals surface area contributed by atoms with Crippen LogP contribution in [0, 0.1) is 5.41 Å². The van der Waals surface area contributed by atoms with Crippen LogP contribution in [0.4, 0.5) is 0 Å². The molecule has 0 unspecified atom stereocenters. The molecule has 1 heterocycles. The lowest BCUT2D eigenvalue weighted by atomic mass is 9.73. The third kappa shape index (κ3) is 1.71. The van der Waals surface area contributed by atoms with Crippen molar-refractivity contribution in [2.45, 2.75) is 31.6 Å². The first kappa shape index (κ1) is 11.3. The summed E-state index contributed by atoms with van der Waals surface area (Å²) in [5.41, 5.74) is 1.18. The molecular formula is C14H16BrNO. The zero-order chi connectivity index (χ0) is 11.9. The van der Waals surface area contributed by atoms with E-state index >= 15 is 0 Å². The molecule has 0 bridgehead atoms. The molecule has 1 N–H and O–H groups in total. The van der Waals surface area contributed by atoms with Gasteiger partial charge >= 0.3 is 0 Å². The van der Waals surface area contributed by atoms with Crippen molar-refractivity contribution >= 4 is 21.8 Å². The van der Waals surface area contributed by atoms with Crippen LogP contribution in [0.5, 0.6) is 0 Å². The summed E-state index contributed by atoms with van der Waals surface area (Å²) in [6, 6.07) is 8.40. The van der Waals surface area contributed by atoms with Gasteiger partial charge in [0.05, 0.1) is 5.41 Å². The van der Waals surface area contributed by atoms with Gasteiger partial charge in [-0.1, -0.05) is 40.9 Å². The molecule has 3 heteroatoms. The van der Waals surface area contributed by atoms with E-state index in [2.05, 4.69) is 39.4 Å². The predicted octanol–water partition coefficient (Wildman–Crippen LogP) is 3.22. The second-order valence-corrected chi connectivity index (χ2v) is 6.10. The van der Waals surface area contributed by atoms with Crippen molar-refractivity contribution in [3.63, 3.8) is 0 Å². The van der Waals surface area contributed by atoms with Gasteiger partial charge in [0.25, 0.3) is 0 Å². The molecule has 1 saturated heterocycles. The normalized spacial score (nSPS) is 26.4. The minimum absolute atomic E-state index is 0.110. The monoisotopic (exact) mass is 293 g/mol. The summed E-state index contributed by atoms with van der Waals surface area (Å²) in [5, 5.41) is 3.07. The minimum Gasteiger partial charge on any atom is -0.355 e. The van der Waals surface area contributed by atoms with Crippen molar-refractivity contribution < 1.29 is 4.79 Å². The highest BCUT2D eigenvalue weighted by Crippen LogP contribution is 2.51. The molecule has 1 atom stereocenters. The van der Waals surface area contributed by atoms with Crippen LogP contribution >= 0.6 is 15.9 Å². The van der Waals surface area contributed by atoms with E-state index in [9.17, 15) is 4.79 Å². The van der Waals surface area contributed by atoms with Crippen molar-refractivity contribution in [1.29, 1.82) is 0 Å². The van der Waals surface area contributed by atoms with E-state index in [4.69, 9.17) is 0 Å². The number of rotatable bonds is 1. The van der Waals surface area contributed by atoms with Crippen molar-refractivity contribution in [2.24, 2.45) is 5.41 Å². The first-order valence-corrected chi connectivity index (χ1v) is 7.05. The average molecular weight is 294 g/mol. The summed E-state index contributed by atoms with van der Waals surface area (Å²) in [7, 11) is 0. The summed E-state index contributed by atoms with van der Waals surface area (Å²) in [6.45, 7) is 0.801. The third-order valence-electron chi connectivity index (χ3n) is 4.33. The van der Waals surface area contributed by atoms with E-state index in [0.717, 1.165) is 23.9 Å². The summed E-state index contributed by atoms with van der Waals surface area (Å²) >= 11 is 3.52. The number of hydrogen-bond acceptors (Lipinski definition) is 1. The number of carbonyl (C=O) groups excluding carboxylic acids is 1. The SMILES string of the molecule is O=C1NC[C@H](c2cccc(Br)c2)C12CCCC2. The van der Waals surface area contributed by atoms with Crippen LogP contribution in [0.1, 0.15) is 37.2 Å². The van der Waals surface area contributed by atoms with Crippen molar-refractivity contribution in [1.82, 2.24) is 5.32 Å². The topological polar surface area (TPSA) is 29.1 Å². The second kappa shape index (κ2) is 4.13. The van der Waals surface area contributed by atoms with Crippen LogP contribution in [0.25, 0.3) is 0 Å². The number of halogens is 1.